The van der Waals surface area contributed by atoms with Crippen molar-refractivity contribution in [1.82, 2.24) is 14.5 Å². The standard InChI is InChI=1S/C31H27Cl2FN4O4/c1-16(39)42-18-7-9-24-23(15-18)35-29-26-25(10-11-37(24)29)38(12-13-41-2)31(27(26)19-4-3-5-21(33)28(19)34)20-8-6-17(32)14-22(20)36-30(31)40/h3-9,14-15,25-27H,10-13H2,1-2H3,(H,36,40)/t25-,26+,27-,31+/m0/s1. The third-order valence-electron chi connectivity index (χ3n) is 8.87. The highest BCUT2D eigenvalue weighted by Crippen LogP contribution is 2.64. The molecule has 3 aliphatic rings. The Morgan fingerprint density at radius 3 is 2.81 bits per heavy atom. The van der Waals surface area contributed by atoms with Gasteiger partial charge in [-0.1, -0.05) is 41.4 Å². The second-order valence-corrected chi connectivity index (χ2v) is 11.8. The molecule has 42 heavy (non-hydrogen) atoms. The number of imidazole rings is 1. The van der Waals surface area contributed by atoms with Crippen molar-refractivity contribution >= 4 is 51.8 Å². The zero-order valence-corrected chi connectivity index (χ0v) is 24.4. The lowest BCUT2D eigenvalue weighted by molar-refractivity contribution is -0.132. The number of hydrogen-bond acceptors (Lipinski definition) is 6. The molecular formula is C31H27Cl2FN4O4. The molecular weight excluding hydrogens is 582 g/mol. The number of carbonyl (C=O) groups is 2. The number of esters is 1. The predicted octanol–water partition coefficient (Wildman–Crippen LogP) is 5.86. The van der Waals surface area contributed by atoms with E-state index in [2.05, 4.69) is 14.8 Å². The minimum Gasteiger partial charge on any atom is -0.427 e. The van der Waals surface area contributed by atoms with E-state index in [1.165, 1.54) is 13.0 Å². The van der Waals surface area contributed by atoms with Crippen molar-refractivity contribution in [2.75, 3.05) is 25.6 Å². The number of methoxy groups -OCH3 is 1. The molecule has 1 spiro atoms. The lowest BCUT2D eigenvalue weighted by atomic mass is 9.70. The highest BCUT2D eigenvalue weighted by molar-refractivity contribution is 6.31. The van der Waals surface area contributed by atoms with Crippen molar-refractivity contribution in [2.45, 2.75) is 43.3 Å². The van der Waals surface area contributed by atoms with Crippen LogP contribution in [0.3, 0.4) is 0 Å². The van der Waals surface area contributed by atoms with Crippen LogP contribution in [-0.2, 0) is 26.4 Å². The summed E-state index contributed by atoms with van der Waals surface area (Å²) in [5.41, 5.74) is 1.91. The number of benzene rings is 3. The first kappa shape index (κ1) is 27.3. The van der Waals surface area contributed by atoms with Gasteiger partial charge in [-0.3, -0.25) is 14.5 Å². The number of nitrogens with zero attached hydrogens (tertiary/aromatic N) is 3. The Labute approximate surface area is 251 Å². The molecule has 4 heterocycles. The first-order valence-electron chi connectivity index (χ1n) is 13.8. The van der Waals surface area contributed by atoms with Gasteiger partial charge in [-0.2, -0.15) is 0 Å². The van der Waals surface area contributed by atoms with Crippen LogP contribution in [0.4, 0.5) is 10.1 Å². The molecule has 4 atom stereocenters. The van der Waals surface area contributed by atoms with E-state index >= 15 is 4.39 Å². The quantitative estimate of drug-likeness (QED) is 0.226. The Morgan fingerprint density at radius 1 is 1.19 bits per heavy atom. The van der Waals surface area contributed by atoms with Crippen molar-refractivity contribution in [1.29, 1.82) is 0 Å². The number of aromatic nitrogens is 2. The number of nitrogens with one attached hydrogen (secondary N) is 1. The number of carbonyl (C=O) groups excluding carboxylic acids is 2. The number of ether oxygens (including phenoxy) is 2. The molecule has 0 aliphatic carbocycles. The first-order valence-corrected chi connectivity index (χ1v) is 14.5. The normalized spacial score (nSPS) is 24.5. The summed E-state index contributed by atoms with van der Waals surface area (Å²) in [6.45, 7) is 2.79. The second kappa shape index (κ2) is 10.1. The molecule has 0 bridgehead atoms. The maximum Gasteiger partial charge on any atom is 0.308 e. The zero-order chi connectivity index (χ0) is 29.3. The molecule has 1 amide bonds. The number of rotatable bonds is 5. The molecule has 0 saturated carbocycles. The Bertz CT molecular complexity index is 1780. The maximum absolute atomic E-state index is 16.1. The molecule has 3 aromatic carbocycles. The summed E-state index contributed by atoms with van der Waals surface area (Å²) in [5.74, 6) is -1.19. The van der Waals surface area contributed by atoms with E-state index in [1.807, 2.05) is 12.1 Å². The van der Waals surface area contributed by atoms with E-state index in [9.17, 15) is 9.59 Å². The first-order chi connectivity index (χ1) is 20.2. The van der Waals surface area contributed by atoms with Gasteiger partial charge in [-0.25, -0.2) is 9.37 Å². The second-order valence-electron chi connectivity index (χ2n) is 11.0. The fourth-order valence-corrected chi connectivity index (χ4v) is 7.83. The fourth-order valence-electron chi connectivity index (χ4n) is 7.48. The van der Waals surface area contributed by atoms with Gasteiger partial charge in [0.2, 0.25) is 5.91 Å². The minimum atomic E-state index is -1.28. The van der Waals surface area contributed by atoms with E-state index in [1.54, 1.807) is 43.5 Å². The van der Waals surface area contributed by atoms with Crippen LogP contribution in [0.5, 0.6) is 5.75 Å². The monoisotopic (exact) mass is 608 g/mol. The molecule has 216 valence electrons. The molecule has 8 nitrogen and oxygen atoms in total. The highest BCUT2D eigenvalue weighted by atomic mass is 35.5. The maximum atomic E-state index is 16.1. The molecule has 1 fully saturated rings. The third-order valence-corrected chi connectivity index (χ3v) is 9.40. The molecule has 1 saturated heterocycles. The van der Waals surface area contributed by atoms with Crippen LogP contribution in [-0.4, -0.2) is 52.6 Å². The van der Waals surface area contributed by atoms with Crippen LogP contribution in [0.25, 0.3) is 11.0 Å². The van der Waals surface area contributed by atoms with Gasteiger partial charge in [0, 0.05) is 67.3 Å². The Kier molecular flexibility index (Phi) is 6.54. The van der Waals surface area contributed by atoms with E-state index in [-0.39, 0.29) is 22.9 Å². The van der Waals surface area contributed by atoms with Crippen LogP contribution in [0.15, 0.2) is 54.6 Å². The number of hydrogen-bond donors (Lipinski definition) is 1. The number of amides is 1. The largest absolute Gasteiger partial charge is 0.427 e. The van der Waals surface area contributed by atoms with Crippen LogP contribution in [0.1, 0.15) is 42.1 Å². The van der Waals surface area contributed by atoms with E-state index in [0.29, 0.717) is 53.7 Å². The lowest BCUT2D eigenvalue weighted by Crippen LogP contribution is -2.53. The van der Waals surface area contributed by atoms with Gasteiger partial charge >= 0.3 is 5.97 Å². The number of aryl methyl sites for hydroxylation is 1. The van der Waals surface area contributed by atoms with Gasteiger partial charge in [0.1, 0.15) is 22.9 Å². The average molecular weight is 609 g/mol. The van der Waals surface area contributed by atoms with Gasteiger partial charge < -0.3 is 19.4 Å². The lowest BCUT2D eigenvalue weighted by Gasteiger charge is -2.39. The van der Waals surface area contributed by atoms with Gasteiger partial charge in [0.05, 0.1) is 22.7 Å². The smallest absolute Gasteiger partial charge is 0.308 e. The predicted molar refractivity (Wildman–Crippen MR) is 157 cm³/mol. The molecule has 0 radical (unpaired) electrons. The highest BCUT2D eigenvalue weighted by Gasteiger charge is 2.68. The molecule has 11 heteroatoms. The number of halogens is 3. The summed E-state index contributed by atoms with van der Waals surface area (Å²) >= 11 is 12.7. The van der Waals surface area contributed by atoms with E-state index in [0.717, 1.165) is 16.9 Å². The third kappa shape index (κ3) is 3.84. The molecule has 3 aliphatic heterocycles. The van der Waals surface area contributed by atoms with Crippen LogP contribution >= 0.6 is 23.2 Å². The molecule has 7 rings (SSSR count). The Morgan fingerprint density at radius 2 is 2.02 bits per heavy atom. The minimum absolute atomic E-state index is 0.0142. The molecule has 1 aromatic heterocycles. The van der Waals surface area contributed by atoms with Crippen LogP contribution < -0.4 is 10.1 Å². The summed E-state index contributed by atoms with van der Waals surface area (Å²) in [6, 6.07) is 15.5. The Balaban J connectivity index is 1.51. The van der Waals surface area contributed by atoms with Crippen LogP contribution in [0, 0.1) is 5.82 Å². The molecule has 0 unspecified atom stereocenters. The Hall–Kier alpha value is -3.50. The van der Waals surface area contributed by atoms with Crippen LogP contribution in [0.2, 0.25) is 10.0 Å². The number of fused-ring (bicyclic) bond motifs is 7. The zero-order valence-electron chi connectivity index (χ0n) is 22.9. The number of anilines is 1. The van der Waals surface area contributed by atoms with Crippen molar-refractivity contribution in [3.63, 3.8) is 0 Å². The van der Waals surface area contributed by atoms with Crippen molar-refractivity contribution in [3.8, 4) is 5.75 Å². The van der Waals surface area contributed by atoms with Crippen molar-refractivity contribution < 1.29 is 23.5 Å². The summed E-state index contributed by atoms with van der Waals surface area (Å²) < 4.78 is 29.1. The van der Waals surface area contributed by atoms with E-state index in [4.69, 9.17) is 37.7 Å². The van der Waals surface area contributed by atoms with E-state index < -0.39 is 23.2 Å². The summed E-state index contributed by atoms with van der Waals surface area (Å²) in [4.78, 5) is 33.3. The topological polar surface area (TPSA) is 85.7 Å². The van der Waals surface area contributed by atoms with Crippen molar-refractivity contribution in [3.05, 3.63) is 87.4 Å². The summed E-state index contributed by atoms with van der Waals surface area (Å²) in [5, 5.41) is 3.53. The summed E-state index contributed by atoms with van der Waals surface area (Å²) in [7, 11) is 1.62. The van der Waals surface area contributed by atoms with Gasteiger partial charge in [0.15, 0.2) is 0 Å². The molecule has 1 N–H and O–H groups in total. The van der Waals surface area contributed by atoms with Gasteiger partial charge in [0.25, 0.3) is 0 Å². The average Bonchev–Trinajstić information content (AvgIpc) is 3.56. The summed E-state index contributed by atoms with van der Waals surface area (Å²) in [6.07, 6.45) is 0.690. The van der Waals surface area contributed by atoms with Gasteiger partial charge in [-0.05, 0) is 42.3 Å². The van der Waals surface area contributed by atoms with Crippen molar-refractivity contribution in [2.24, 2.45) is 0 Å². The number of likely N-dealkylation sites (tertiary alicyclic amines) is 1. The fraction of sp³-hybridized carbons (Fsp3) is 0.323. The van der Waals surface area contributed by atoms with Gasteiger partial charge in [-0.15, -0.1) is 0 Å². The molecule has 4 aromatic rings. The SMILES string of the molecule is COCCN1[C@H]2CCn3c(nc4cc(OC(C)=O)ccc43)[C@H]2[C@H](c2cccc(Cl)c2F)[C@]12C(=O)Nc1cc(Cl)ccc12.